The predicted molar refractivity (Wildman–Crippen MR) is 57.9 cm³/mol. The smallest absolute Gasteiger partial charge is 0.240 e. The molecule has 0 saturated carbocycles. The summed E-state index contributed by atoms with van der Waals surface area (Å²) in [4.78, 5) is 11.8. The molecule has 4 heteroatoms. The van der Waals surface area contributed by atoms with Crippen LogP contribution >= 0.6 is 0 Å². The van der Waals surface area contributed by atoms with E-state index in [1.807, 2.05) is 20.8 Å². The largest absolute Gasteiger partial charge is 0.396 e. The summed E-state index contributed by atoms with van der Waals surface area (Å²) < 4.78 is 0. The van der Waals surface area contributed by atoms with Crippen molar-refractivity contribution in [2.24, 2.45) is 5.41 Å². The molecular weight excluding hydrogens is 192 g/mol. The van der Waals surface area contributed by atoms with Gasteiger partial charge in [-0.3, -0.25) is 4.79 Å². The fraction of sp³-hybridized carbons (Fsp3) is 0.818. The number of hydrogen-bond donors (Lipinski definition) is 2. The fourth-order valence-electron chi connectivity index (χ4n) is 1.41. The zero-order valence-corrected chi connectivity index (χ0v) is 9.71. The summed E-state index contributed by atoms with van der Waals surface area (Å²) in [6.07, 6.45) is 1.54. The zero-order chi connectivity index (χ0) is 11.9. The molecule has 0 aliphatic rings. The molecule has 0 bridgehead atoms. The van der Waals surface area contributed by atoms with Crippen molar-refractivity contribution in [1.82, 2.24) is 5.32 Å². The van der Waals surface area contributed by atoms with E-state index >= 15 is 0 Å². The van der Waals surface area contributed by atoms with E-state index in [-0.39, 0.29) is 18.6 Å². The van der Waals surface area contributed by atoms with Crippen molar-refractivity contribution in [2.45, 2.75) is 46.1 Å². The van der Waals surface area contributed by atoms with Crippen LogP contribution in [0.2, 0.25) is 0 Å². The highest BCUT2D eigenvalue weighted by Gasteiger charge is 2.35. The van der Waals surface area contributed by atoms with Crippen molar-refractivity contribution >= 4 is 5.91 Å². The maximum atomic E-state index is 11.8. The molecule has 0 fully saturated rings. The van der Waals surface area contributed by atoms with Crippen molar-refractivity contribution in [3.05, 3.63) is 0 Å². The van der Waals surface area contributed by atoms with Crippen molar-refractivity contribution < 1.29 is 9.90 Å². The first-order valence-electron chi connectivity index (χ1n) is 5.39. The Morgan fingerprint density at radius 3 is 2.40 bits per heavy atom. The number of nitrogens with one attached hydrogen (secondary N) is 1. The molecule has 1 unspecified atom stereocenters. The lowest BCUT2D eigenvalue weighted by molar-refractivity contribution is -0.129. The lowest BCUT2D eigenvalue weighted by atomic mass is 9.83. The van der Waals surface area contributed by atoms with Gasteiger partial charge in [0.2, 0.25) is 5.91 Å². The predicted octanol–water partition coefficient (Wildman–Crippen LogP) is 1.20. The number of carbonyl (C=O) groups excluding carboxylic acids is 1. The lowest BCUT2D eigenvalue weighted by Crippen LogP contribution is -2.43. The van der Waals surface area contributed by atoms with Gasteiger partial charge < -0.3 is 10.4 Å². The van der Waals surface area contributed by atoms with Gasteiger partial charge in [0.15, 0.2) is 0 Å². The number of aliphatic hydroxyl groups excluding tert-OH is 1. The summed E-state index contributed by atoms with van der Waals surface area (Å²) in [5, 5.41) is 20.5. The van der Waals surface area contributed by atoms with Crippen LogP contribution in [0.25, 0.3) is 0 Å². The van der Waals surface area contributed by atoms with E-state index < -0.39 is 5.41 Å². The molecule has 86 valence electrons. The summed E-state index contributed by atoms with van der Waals surface area (Å²) in [5.74, 6) is -0.226. The van der Waals surface area contributed by atoms with Gasteiger partial charge in [-0.15, -0.1) is 0 Å². The number of amides is 1. The van der Waals surface area contributed by atoms with E-state index in [4.69, 9.17) is 10.4 Å². The Balaban J connectivity index is 4.47. The molecule has 15 heavy (non-hydrogen) atoms. The Hall–Kier alpha value is -1.08. The first-order chi connectivity index (χ1) is 7.06. The van der Waals surface area contributed by atoms with E-state index in [2.05, 4.69) is 11.4 Å². The lowest BCUT2D eigenvalue weighted by Gasteiger charge is -2.24. The quantitative estimate of drug-likeness (QED) is 0.695. The van der Waals surface area contributed by atoms with E-state index in [1.165, 1.54) is 0 Å². The maximum Gasteiger partial charge on any atom is 0.240 e. The van der Waals surface area contributed by atoms with Crippen LogP contribution in [0.4, 0.5) is 0 Å². The van der Waals surface area contributed by atoms with Gasteiger partial charge in [-0.05, 0) is 26.2 Å². The molecule has 0 aromatic carbocycles. The Labute approximate surface area is 91.3 Å². The normalized spacial score (nSPS) is 13.0. The van der Waals surface area contributed by atoms with Crippen molar-refractivity contribution in [3.8, 4) is 6.07 Å². The van der Waals surface area contributed by atoms with Gasteiger partial charge in [-0.1, -0.05) is 13.8 Å². The van der Waals surface area contributed by atoms with Crippen LogP contribution in [-0.2, 0) is 4.79 Å². The van der Waals surface area contributed by atoms with E-state index in [1.54, 1.807) is 0 Å². The van der Waals surface area contributed by atoms with Crippen molar-refractivity contribution in [3.63, 3.8) is 0 Å². The molecule has 0 heterocycles. The molecule has 0 rings (SSSR count). The van der Waals surface area contributed by atoms with Gasteiger partial charge in [-0.2, -0.15) is 5.26 Å². The van der Waals surface area contributed by atoms with Gasteiger partial charge in [0.05, 0.1) is 6.07 Å². The third kappa shape index (κ3) is 3.52. The third-order valence-electron chi connectivity index (χ3n) is 2.80. The number of nitriles is 1. The van der Waals surface area contributed by atoms with E-state index in [0.29, 0.717) is 19.3 Å². The minimum Gasteiger partial charge on any atom is -0.396 e. The van der Waals surface area contributed by atoms with Gasteiger partial charge in [-0.25, -0.2) is 0 Å². The Morgan fingerprint density at radius 2 is 2.07 bits per heavy atom. The standard InChI is InChI=1S/C11H20N2O2/c1-4-11(5-2,8-12)10(15)13-9(3)6-7-14/h9,14H,4-7H2,1-3H3,(H,13,15). The Kier molecular flexibility index (Phi) is 5.95. The summed E-state index contributed by atoms with van der Waals surface area (Å²) in [5.41, 5.74) is -0.913. The van der Waals surface area contributed by atoms with Crippen LogP contribution in [0, 0.1) is 16.7 Å². The molecule has 4 nitrogen and oxygen atoms in total. The van der Waals surface area contributed by atoms with Crippen LogP contribution in [0.15, 0.2) is 0 Å². The van der Waals surface area contributed by atoms with E-state index in [0.717, 1.165) is 0 Å². The Bertz CT molecular complexity index is 241. The molecule has 0 aliphatic heterocycles. The fourth-order valence-corrected chi connectivity index (χ4v) is 1.41. The molecule has 0 aromatic rings. The van der Waals surface area contributed by atoms with Crippen LogP contribution in [0.3, 0.4) is 0 Å². The highest BCUT2D eigenvalue weighted by atomic mass is 16.3. The minimum absolute atomic E-state index is 0.0409. The summed E-state index contributed by atoms with van der Waals surface area (Å²) in [7, 11) is 0. The van der Waals surface area contributed by atoms with Gasteiger partial charge in [0.1, 0.15) is 5.41 Å². The molecule has 1 atom stereocenters. The van der Waals surface area contributed by atoms with Crippen LogP contribution < -0.4 is 5.32 Å². The minimum atomic E-state index is -0.913. The second kappa shape index (κ2) is 6.41. The number of carbonyl (C=O) groups is 1. The topological polar surface area (TPSA) is 73.1 Å². The third-order valence-corrected chi connectivity index (χ3v) is 2.80. The number of nitrogens with zero attached hydrogens (tertiary/aromatic N) is 1. The molecule has 0 spiro atoms. The van der Waals surface area contributed by atoms with Gasteiger partial charge >= 0.3 is 0 Å². The highest BCUT2D eigenvalue weighted by Crippen LogP contribution is 2.25. The van der Waals surface area contributed by atoms with E-state index in [9.17, 15) is 4.79 Å². The number of aliphatic hydroxyl groups is 1. The monoisotopic (exact) mass is 212 g/mol. The number of hydrogen-bond acceptors (Lipinski definition) is 3. The average molecular weight is 212 g/mol. The Morgan fingerprint density at radius 1 is 1.53 bits per heavy atom. The van der Waals surface area contributed by atoms with Gasteiger partial charge in [0, 0.05) is 12.6 Å². The summed E-state index contributed by atoms with van der Waals surface area (Å²) in [6.45, 7) is 5.53. The summed E-state index contributed by atoms with van der Waals surface area (Å²) >= 11 is 0. The molecule has 2 N–H and O–H groups in total. The van der Waals surface area contributed by atoms with Gasteiger partial charge in [0.25, 0.3) is 0 Å². The van der Waals surface area contributed by atoms with Crippen LogP contribution in [0.1, 0.15) is 40.0 Å². The second-order valence-corrected chi connectivity index (χ2v) is 3.79. The SMILES string of the molecule is CCC(C#N)(CC)C(=O)NC(C)CCO. The van der Waals surface area contributed by atoms with Crippen LogP contribution in [-0.4, -0.2) is 23.7 Å². The number of rotatable bonds is 6. The summed E-state index contributed by atoms with van der Waals surface area (Å²) in [6, 6.07) is 2.00. The first kappa shape index (κ1) is 13.9. The maximum absolute atomic E-state index is 11.8. The highest BCUT2D eigenvalue weighted by molar-refractivity contribution is 5.85. The van der Waals surface area contributed by atoms with Crippen molar-refractivity contribution in [2.75, 3.05) is 6.61 Å². The molecule has 0 saturated heterocycles. The van der Waals surface area contributed by atoms with Crippen molar-refractivity contribution in [1.29, 1.82) is 5.26 Å². The second-order valence-electron chi connectivity index (χ2n) is 3.79. The van der Waals surface area contributed by atoms with Crippen LogP contribution in [0.5, 0.6) is 0 Å². The molecular formula is C11H20N2O2. The molecule has 0 aromatic heterocycles. The first-order valence-corrected chi connectivity index (χ1v) is 5.39. The molecule has 0 aliphatic carbocycles. The average Bonchev–Trinajstić information content (AvgIpc) is 2.21. The zero-order valence-electron chi connectivity index (χ0n) is 9.71. The molecule has 0 radical (unpaired) electrons. The molecule has 1 amide bonds.